The summed E-state index contributed by atoms with van der Waals surface area (Å²) in [7, 11) is 0. The summed E-state index contributed by atoms with van der Waals surface area (Å²) in [6.45, 7) is 15.3. The third kappa shape index (κ3) is 3.50. The van der Waals surface area contributed by atoms with Crippen LogP contribution in [0.5, 0.6) is 0 Å². The number of fused-ring (bicyclic) bond motifs is 4. The normalized spacial score (nSPS) is 41.5. The Balaban J connectivity index is 1.60. The van der Waals surface area contributed by atoms with E-state index in [9.17, 15) is 15.3 Å². The third-order valence-corrected chi connectivity index (χ3v) is 9.86. The zero-order valence-electron chi connectivity index (χ0n) is 20.4. The molecule has 0 aromatic carbocycles. The van der Waals surface area contributed by atoms with Crippen molar-refractivity contribution >= 4 is 0 Å². The first kappa shape index (κ1) is 23.3. The maximum absolute atomic E-state index is 11.9. The van der Waals surface area contributed by atoms with Gasteiger partial charge in [0.2, 0.25) is 0 Å². The SMILES string of the molecule is C=C(CCC[C@H]1CC=C2C3=C([C@@H](O)CC21O)C1(C)CCC(O)C(C)(C)C1CC3)C(C)C. The predicted molar refractivity (Wildman–Crippen MR) is 126 cm³/mol. The zero-order valence-corrected chi connectivity index (χ0v) is 20.4. The second-order valence-corrected chi connectivity index (χ2v) is 12.2. The average Bonchev–Trinajstić information content (AvgIpc) is 3.00. The molecule has 0 amide bonds. The number of aliphatic hydroxyl groups is 3. The first-order valence-electron chi connectivity index (χ1n) is 12.6. The molecule has 0 radical (unpaired) electrons. The zero-order chi connectivity index (χ0) is 22.8. The highest BCUT2D eigenvalue weighted by Gasteiger charge is 2.59. The fraction of sp³-hybridized carbons (Fsp3) is 0.786. The highest BCUT2D eigenvalue weighted by atomic mass is 16.3. The first-order valence-corrected chi connectivity index (χ1v) is 12.6. The molecule has 0 heterocycles. The van der Waals surface area contributed by atoms with E-state index in [4.69, 9.17) is 0 Å². The quantitative estimate of drug-likeness (QED) is 0.492. The molecule has 4 unspecified atom stereocenters. The average molecular weight is 429 g/mol. The van der Waals surface area contributed by atoms with Gasteiger partial charge >= 0.3 is 0 Å². The van der Waals surface area contributed by atoms with Gasteiger partial charge in [0, 0.05) is 6.42 Å². The Kier molecular flexibility index (Phi) is 5.89. The van der Waals surface area contributed by atoms with Gasteiger partial charge in [0.05, 0.1) is 17.8 Å². The van der Waals surface area contributed by atoms with E-state index in [1.807, 2.05) is 0 Å². The molecule has 31 heavy (non-hydrogen) atoms. The summed E-state index contributed by atoms with van der Waals surface area (Å²) in [4.78, 5) is 0. The Labute approximate surface area is 189 Å². The van der Waals surface area contributed by atoms with Gasteiger partial charge in [0.1, 0.15) is 0 Å². The van der Waals surface area contributed by atoms with Crippen molar-refractivity contribution in [1.29, 1.82) is 0 Å². The van der Waals surface area contributed by atoms with Crippen molar-refractivity contribution in [3.05, 3.63) is 34.9 Å². The van der Waals surface area contributed by atoms with Gasteiger partial charge in [-0.25, -0.2) is 0 Å². The third-order valence-electron chi connectivity index (χ3n) is 9.86. The summed E-state index contributed by atoms with van der Waals surface area (Å²) in [6, 6.07) is 0. The number of hydrogen-bond acceptors (Lipinski definition) is 3. The minimum atomic E-state index is -0.885. The van der Waals surface area contributed by atoms with Crippen molar-refractivity contribution < 1.29 is 15.3 Å². The van der Waals surface area contributed by atoms with Crippen molar-refractivity contribution in [3.8, 4) is 0 Å². The van der Waals surface area contributed by atoms with Crippen LogP contribution in [-0.4, -0.2) is 33.1 Å². The Bertz CT molecular complexity index is 803. The number of allylic oxidation sites excluding steroid dienone is 2. The molecule has 0 aromatic rings. The van der Waals surface area contributed by atoms with Crippen LogP contribution in [0.25, 0.3) is 0 Å². The smallest absolute Gasteiger partial charge is 0.0954 e. The fourth-order valence-electron chi connectivity index (χ4n) is 7.81. The molecule has 0 aliphatic heterocycles. The maximum atomic E-state index is 11.9. The van der Waals surface area contributed by atoms with Crippen molar-refractivity contribution in [2.24, 2.45) is 28.6 Å². The molecule has 1 saturated carbocycles. The lowest BCUT2D eigenvalue weighted by atomic mass is 9.47. The van der Waals surface area contributed by atoms with Gasteiger partial charge in [0.15, 0.2) is 0 Å². The molecule has 0 bridgehead atoms. The largest absolute Gasteiger partial charge is 0.393 e. The summed E-state index contributed by atoms with van der Waals surface area (Å²) in [5.74, 6) is 1.07. The van der Waals surface area contributed by atoms with E-state index in [-0.39, 0.29) is 22.9 Å². The summed E-state index contributed by atoms with van der Waals surface area (Å²) >= 11 is 0. The summed E-state index contributed by atoms with van der Waals surface area (Å²) in [6.07, 6.45) is 9.47. The maximum Gasteiger partial charge on any atom is 0.0954 e. The van der Waals surface area contributed by atoms with Gasteiger partial charge in [-0.2, -0.15) is 0 Å². The van der Waals surface area contributed by atoms with Gasteiger partial charge in [-0.05, 0) is 96.7 Å². The molecule has 6 atom stereocenters. The van der Waals surface area contributed by atoms with E-state index in [0.29, 0.717) is 18.3 Å². The van der Waals surface area contributed by atoms with Crippen LogP contribution in [0.2, 0.25) is 0 Å². The topological polar surface area (TPSA) is 60.7 Å². The Morgan fingerprint density at radius 3 is 2.58 bits per heavy atom. The second kappa shape index (κ2) is 7.85. The van der Waals surface area contributed by atoms with E-state index >= 15 is 0 Å². The highest BCUT2D eigenvalue weighted by molar-refractivity contribution is 5.53. The summed E-state index contributed by atoms with van der Waals surface area (Å²) < 4.78 is 0. The van der Waals surface area contributed by atoms with Gasteiger partial charge in [-0.1, -0.05) is 52.8 Å². The van der Waals surface area contributed by atoms with E-state index in [0.717, 1.165) is 56.9 Å². The minimum absolute atomic E-state index is 0.0923. The van der Waals surface area contributed by atoms with Crippen molar-refractivity contribution in [2.45, 2.75) is 110 Å². The fourth-order valence-corrected chi connectivity index (χ4v) is 7.81. The Morgan fingerprint density at radius 1 is 1.19 bits per heavy atom. The molecule has 4 aliphatic carbocycles. The van der Waals surface area contributed by atoms with Crippen LogP contribution in [0.1, 0.15) is 92.4 Å². The Hall–Kier alpha value is -0.900. The molecule has 0 saturated heterocycles. The lowest BCUT2D eigenvalue weighted by Gasteiger charge is -2.59. The molecule has 3 N–H and O–H groups in total. The lowest BCUT2D eigenvalue weighted by molar-refractivity contribution is -0.102. The lowest BCUT2D eigenvalue weighted by Crippen LogP contribution is -2.56. The van der Waals surface area contributed by atoms with Gasteiger partial charge < -0.3 is 15.3 Å². The molecule has 0 aromatic heterocycles. The van der Waals surface area contributed by atoms with Crippen LogP contribution >= 0.6 is 0 Å². The number of rotatable bonds is 5. The van der Waals surface area contributed by atoms with Crippen LogP contribution in [0.15, 0.2) is 34.9 Å². The minimum Gasteiger partial charge on any atom is -0.393 e. The van der Waals surface area contributed by atoms with Crippen molar-refractivity contribution in [2.75, 3.05) is 0 Å². The number of hydrogen-bond donors (Lipinski definition) is 3. The van der Waals surface area contributed by atoms with E-state index in [1.54, 1.807) is 0 Å². The summed E-state index contributed by atoms with van der Waals surface area (Å²) in [5, 5.41) is 34.0. The second-order valence-electron chi connectivity index (χ2n) is 12.2. The number of aliphatic hydroxyl groups excluding tert-OH is 2. The van der Waals surface area contributed by atoms with Crippen LogP contribution in [0.3, 0.4) is 0 Å². The van der Waals surface area contributed by atoms with E-state index in [1.165, 1.54) is 16.7 Å². The summed E-state index contributed by atoms with van der Waals surface area (Å²) in [5.41, 5.74) is 3.73. The standard InChI is InChI=1S/C28H44O3/c1-17(2)18(3)8-7-9-19-10-12-21-20-11-13-23-26(4,5)24(30)14-15-27(23,6)25(20)22(29)16-28(19,21)31/h12,17,19,22-24,29-31H,3,7-11,13-16H2,1-2,4-6H3/t19-,22-,23?,24?,27?,28?/m0/s1. The predicted octanol–water partition coefficient (Wildman–Crippen LogP) is 5.70. The van der Waals surface area contributed by atoms with E-state index < -0.39 is 11.7 Å². The highest BCUT2D eigenvalue weighted by Crippen LogP contribution is 2.64. The molecular weight excluding hydrogens is 384 g/mol. The van der Waals surface area contributed by atoms with Gasteiger partial charge in [0.25, 0.3) is 0 Å². The van der Waals surface area contributed by atoms with Crippen molar-refractivity contribution in [3.63, 3.8) is 0 Å². The Morgan fingerprint density at radius 2 is 1.90 bits per heavy atom. The monoisotopic (exact) mass is 428 g/mol. The van der Waals surface area contributed by atoms with E-state index in [2.05, 4.69) is 47.3 Å². The molecule has 0 spiro atoms. The molecular formula is C28H44O3. The van der Waals surface area contributed by atoms with Crippen LogP contribution in [-0.2, 0) is 0 Å². The van der Waals surface area contributed by atoms with Crippen molar-refractivity contribution in [1.82, 2.24) is 0 Å². The molecule has 174 valence electrons. The molecule has 3 heteroatoms. The molecule has 4 aliphatic rings. The van der Waals surface area contributed by atoms with Gasteiger partial charge in [-0.15, -0.1) is 0 Å². The molecule has 3 nitrogen and oxygen atoms in total. The van der Waals surface area contributed by atoms with Crippen LogP contribution in [0.4, 0.5) is 0 Å². The molecule has 4 rings (SSSR count). The molecule has 1 fully saturated rings. The first-order chi connectivity index (χ1) is 14.4. The van der Waals surface area contributed by atoms with Gasteiger partial charge in [-0.3, -0.25) is 0 Å². The van der Waals surface area contributed by atoms with Crippen LogP contribution < -0.4 is 0 Å². The van der Waals surface area contributed by atoms with Crippen LogP contribution in [0, 0.1) is 28.6 Å².